The van der Waals surface area contributed by atoms with E-state index in [2.05, 4.69) is 12.2 Å². The van der Waals surface area contributed by atoms with E-state index in [9.17, 15) is 4.79 Å². The SMILES string of the molecule is CC[N+]1(COC(=O)C(C)(C)C)CCNCC1. The first-order valence-corrected chi connectivity index (χ1v) is 6.13. The number of likely N-dealkylation sites (N-methyl/N-ethyl adjacent to an activating group) is 1. The van der Waals surface area contributed by atoms with Crippen LogP contribution in [0.25, 0.3) is 0 Å². The summed E-state index contributed by atoms with van der Waals surface area (Å²) in [5.41, 5.74) is -0.397. The first-order chi connectivity index (χ1) is 7.40. The van der Waals surface area contributed by atoms with E-state index in [1.165, 1.54) is 0 Å². The summed E-state index contributed by atoms with van der Waals surface area (Å²) >= 11 is 0. The highest BCUT2D eigenvalue weighted by Gasteiger charge is 2.31. The van der Waals surface area contributed by atoms with E-state index in [0.717, 1.165) is 37.2 Å². The van der Waals surface area contributed by atoms with Gasteiger partial charge in [0.2, 0.25) is 6.73 Å². The third-order valence-corrected chi connectivity index (χ3v) is 3.28. The van der Waals surface area contributed by atoms with Crippen molar-refractivity contribution in [3.05, 3.63) is 0 Å². The van der Waals surface area contributed by atoms with Crippen molar-refractivity contribution < 1.29 is 14.0 Å². The second-order valence-corrected chi connectivity index (χ2v) is 5.67. The normalized spacial score (nSPS) is 20.5. The summed E-state index contributed by atoms with van der Waals surface area (Å²) in [6.45, 7) is 13.5. The first-order valence-electron chi connectivity index (χ1n) is 6.13. The predicted molar refractivity (Wildman–Crippen MR) is 63.8 cm³/mol. The highest BCUT2D eigenvalue weighted by Crippen LogP contribution is 2.17. The summed E-state index contributed by atoms with van der Waals surface area (Å²) in [5.74, 6) is -0.100. The molecule has 1 N–H and O–H groups in total. The lowest BCUT2D eigenvalue weighted by molar-refractivity contribution is -0.943. The van der Waals surface area contributed by atoms with Crippen LogP contribution in [0.3, 0.4) is 0 Å². The molecular formula is C12H25N2O2+. The number of carbonyl (C=O) groups excluding carboxylic acids is 1. The maximum Gasteiger partial charge on any atom is 0.315 e. The number of rotatable bonds is 3. The van der Waals surface area contributed by atoms with Crippen molar-refractivity contribution in [1.29, 1.82) is 0 Å². The molecule has 1 rings (SSSR count). The van der Waals surface area contributed by atoms with Crippen molar-refractivity contribution in [3.8, 4) is 0 Å². The summed E-state index contributed by atoms with van der Waals surface area (Å²) in [6, 6.07) is 0. The molecule has 4 heteroatoms. The quantitative estimate of drug-likeness (QED) is 0.579. The van der Waals surface area contributed by atoms with Gasteiger partial charge in [-0.2, -0.15) is 0 Å². The Morgan fingerprint density at radius 3 is 2.31 bits per heavy atom. The molecular weight excluding hydrogens is 204 g/mol. The fourth-order valence-corrected chi connectivity index (χ4v) is 1.82. The van der Waals surface area contributed by atoms with E-state index < -0.39 is 5.41 Å². The summed E-state index contributed by atoms with van der Waals surface area (Å²) in [5, 5.41) is 3.34. The molecule has 1 fully saturated rings. The van der Waals surface area contributed by atoms with Crippen LogP contribution < -0.4 is 5.32 Å². The fourth-order valence-electron chi connectivity index (χ4n) is 1.82. The summed E-state index contributed by atoms with van der Waals surface area (Å²) in [4.78, 5) is 11.7. The van der Waals surface area contributed by atoms with Gasteiger partial charge >= 0.3 is 5.97 Å². The number of nitrogens with one attached hydrogen (secondary N) is 1. The number of hydrogen-bond acceptors (Lipinski definition) is 3. The number of nitrogens with zero attached hydrogens (tertiary/aromatic N) is 1. The van der Waals surface area contributed by atoms with Gasteiger partial charge < -0.3 is 10.1 Å². The first kappa shape index (κ1) is 13.5. The minimum atomic E-state index is -0.397. The zero-order chi connectivity index (χ0) is 12.2. The Balaban J connectivity index is 2.48. The van der Waals surface area contributed by atoms with Crippen molar-refractivity contribution in [2.24, 2.45) is 5.41 Å². The Hall–Kier alpha value is -0.610. The molecule has 0 radical (unpaired) electrons. The van der Waals surface area contributed by atoms with Crippen LogP contribution in [0.4, 0.5) is 0 Å². The summed E-state index contributed by atoms with van der Waals surface area (Å²) < 4.78 is 6.34. The van der Waals surface area contributed by atoms with E-state index in [1.54, 1.807) is 0 Å². The van der Waals surface area contributed by atoms with Gasteiger partial charge in [0.05, 0.1) is 25.0 Å². The molecule has 1 heterocycles. The minimum Gasteiger partial charge on any atom is -0.415 e. The van der Waals surface area contributed by atoms with Gasteiger partial charge in [0.15, 0.2) is 0 Å². The molecule has 0 atom stereocenters. The average Bonchev–Trinajstić information content (AvgIpc) is 2.26. The number of carbonyl (C=O) groups is 1. The molecule has 0 aliphatic carbocycles. The van der Waals surface area contributed by atoms with Gasteiger partial charge in [-0.3, -0.25) is 9.28 Å². The Morgan fingerprint density at radius 1 is 1.31 bits per heavy atom. The monoisotopic (exact) mass is 229 g/mol. The summed E-state index contributed by atoms with van der Waals surface area (Å²) in [6.07, 6.45) is 0. The van der Waals surface area contributed by atoms with Gasteiger partial charge in [0, 0.05) is 13.1 Å². The topological polar surface area (TPSA) is 38.3 Å². The molecule has 0 aromatic carbocycles. The van der Waals surface area contributed by atoms with Gasteiger partial charge in [0.1, 0.15) is 0 Å². The fraction of sp³-hybridized carbons (Fsp3) is 0.917. The molecule has 4 nitrogen and oxygen atoms in total. The molecule has 0 aromatic rings. The van der Waals surface area contributed by atoms with Crippen LogP contribution in [-0.2, 0) is 9.53 Å². The van der Waals surface area contributed by atoms with Crippen LogP contribution in [0.1, 0.15) is 27.7 Å². The highest BCUT2D eigenvalue weighted by molar-refractivity contribution is 5.75. The van der Waals surface area contributed by atoms with Crippen molar-refractivity contribution >= 4 is 5.97 Å². The molecule has 1 aliphatic rings. The van der Waals surface area contributed by atoms with Crippen molar-refractivity contribution in [1.82, 2.24) is 5.32 Å². The smallest absolute Gasteiger partial charge is 0.315 e. The number of ether oxygens (including phenoxy) is 1. The highest BCUT2D eigenvalue weighted by atomic mass is 16.5. The van der Waals surface area contributed by atoms with Gasteiger partial charge in [0.25, 0.3) is 0 Å². The van der Waals surface area contributed by atoms with Gasteiger partial charge in [-0.15, -0.1) is 0 Å². The molecule has 0 amide bonds. The van der Waals surface area contributed by atoms with Gasteiger partial charge in [-0.1, -0.05) is 0 Å². The summed E-state index contributed by atoms with van der Waals surface area (Å²) in [7, 11) is 0. The van der Waals surface area contributed by atoms with Crippen LogP contribution in [-0.4, -0.2) is 49.9 Å². The van der Waals surface area contributed by atoms with Crippen molar-refractivity contribution in [3.63, 3.8) is 0 Å². The van der Waals surface area contributed by atoms with Gasteiger partial charge in [-0.25, -0.2) is 0 Å². The third-order valence-electron chi connectivity index (χ3n) is 3.28. The van der Waals surface area contributed by atoms with Gasteiger partial charge in [-0.05, 0) is 27.7 Å². The predicted octanol–water partition coefficient (Wildman–Crippen LogP) is 0.973. The van der Waals surface area contributed by atoms with Crippen LogP contribution in [0, 0.1) is 5.41 Å². The van der Waals surface area contributed by atoms with Crippen LogP contribution in [0.2, 0.25) is 0 Å². The molecule has 0 spiro atoms. The van der Waals surface area contributed by atoms with Crippen LogP contribution >= 0.6 is 0 Å². The Bertz CT molecular complexity index is 240. The molecule has 0 saturated carbocycles. The lowest BCUT2D eigenvalue weighted by atomic mass is 9.97. The Labute approximate surface area is 98.5 Å². The number of piperazine rings is 1. The van der Waals surface area contributed by atoms with E-state index in [0.29, 0.717) is 6.73 Å². The second kappa shape index (κ2) is 5.15. The number of quaternary nitrogens is 1. The van der Waals surface area contributed by atoms with E-state index >= 15 is 0 Å². The molecule has 94 valence electrons. The lowest BCUT2D eigenvalue weighted by Crippen LogP contribution is -2.59. The number of hydrogen-bond donors (Lipinski definition) is 1. The molecule has 1 saturated heterocycles. The molecule has 0 aromatic heterocycles. The molecule has 1 aliphatic heterocycles. The zero-order valence-corrected chi connectivity index (χ0v) is 11.0. The zero-order valence-electron chi connectivity index (χ0n) is 11.0. The van der Waals surface area contributed by atoms with Crippen LogP contribution in [0.15, 0.2) is 0 Å². The Kier molecular flexibility index (Phi) is 4.33. The molecule has 0 bridgehead atoms. The number of esters is 1. The standard InChI is InChI=1S/C12H25N2O2/c1-5-14(8-6-13-7-9-14)10-16-11(15)12(2,3)4/h13H,5-10H2,1-4H3/q+1. The van der Waals surface area contributed by atoms with E-state index in [4.69, 9.17) is 4.74 Å². The molecule has 0 unspecified atom stereocenters. The average molecular weight is 229 g/mol. The lowest BCUT2D eigenvalue weighted by Gasteiger charge is -2.40. The maximum atomic E-state index is 11.7. The maximum absolute atomic E-state index is 11.7. The largest absolute Gasteiger partial charge is 0.415 e. The van der Waals surface area contributed by atoms with Crippen molar-refractivity contribution in [2.75, 3.05) is 39.5 Å². The minimum absolute atomic E-state index is 0.100. The Morgan fingerprint density at radius 2 is 1.88 bits per heavy atom. The third kappa shape index (κ3) is 3.46. The van der Waals surface area contributed by atoms with E-state index in [-0.39, 0.29) is 5.97 Å². The molecule has 16 heavy (non-hydrogen) atoms. The van der Waals surface area contributed by atoms with E-state index in [1.807, 2.05) is 20.8 Å². The van der Waals surface area contributed by atoms with Crippen molar-refractivity contribution in [2.45, 2.75) is 27.7 Å². The second-order valence-electron chi connectivity index (χ2n) is 5.67. The van der Waals surface area contributed by atoms with Crippen LogP contribution in [0.5, 0.6) is 0 Å².